The van der Waals surface area contributed by atoms with Gasteiger partial charge >= 0.3 is 0 Å². The van der Waals surface area contributed by atoms with Crippen molar-refractivity contribution in [1.82, 2.24) is 15.1 Å². The normalized spacial score (nSPS) is 31.7. The van der Waals surface area contributed by atoms with Crippen LogP contribution in [0.3, 0.4) is 0 Å². The van der Waals surface area contributed by atoms with Crippen LogP contribution in [-0.4, -0.2) is 54.1 Å². The van der Waals surface area contributed by atoms with Crippen molar-refractivity contribution in [2.24, 2.45) is 5.92 Å². The second-order valence-electron chi connectivity index (χ2n) is 7.05. The molecule has 1 saturated carbocycles. The Bertz CT molecular complexity index is 348. The smallest absolute Gasteiger partial charge is 0.241 e. The third-order valence-corrected chi connectivity index (χ3v) is 5.62. The van der Waals surface area contributed by atoms with E-state index >= 15 is 0 Å². The van der Waals surface area contributed by atoms with Crippen LogP contribution in [0.2, 0.25) is 0 Å². The van der Waals surface area contributed by atoms with Gasteiger partial charge in [-0.2, -0.15) is 0 Å². The molecule has 0 bridgehead atoms. The van der Waals surface area contributed by atoms with Crippen molar-refractivity contribution in [3.8, 4) is 0 Å². The van der Waals surface area contributed by atoms with Crippen molar-refractivity contribution in [3.63, 3.8) is 0 Å². The molecule has 0 spiro atoms. The molecule has 1 N–H and O–H groups in total. The van der Waals surface area contributed by atoms with Gasteiger partial charge in [0.15, 0.2) is 0 Å². The first-order chi connectivity index (χ1) is 10.3. The molecule has 2 heterocycles. The number of likely N-dealkylation sites (tertiary alicyclic amines) is 1. The van der Waals surface area contributed by atoms with Gasteiger partial charge in [-0.05, 0) is 64.1 Å². The maximum atomic E-state index is 12.6. The van der Waals surface area contributed by atoms with Crippen LogP contribution in [0.5, 0.6) is 0 Å². The average Bonchev–Trinajstić information content (AvgIpc) is 3.21. The lowest BCUT2D eigenvalue weighted by Crippen LogP contribution is -2.43. The number of hydrogen-bond donors (Lipinski definition) is 1. The number of rotatable bonds is 6. The van der Waals surface area contributed by atoms with E-state index < -0.39 is 0 Å². The molecule has 2 atom stereocenters. The molecule has 1 amide bonds. The van der Waals surface area contributed by atoms with E-state index in [1.165, 1.54) is 51.6 Å². The van der Waals surface area contributed by atoms with Gasteiger partial charge in [-0.1, -0.05) is 19.8 Å². The third-order valence-electron chi connectivity index (χ3n) is 5.62. The largest absolute Gasteiger partial charge is 0.325 e. The highest BCUT2D eigenvalue weighted by molar-refractivity contribution is 5.84. The summed E-state index contributed by atoms with van der Waals surface area (Å²) in [6.45, 7) is 6.75. The molecule has 3 rings (SSSR count). The SMILES string of the molecule is CCC1NC(C2CCCC2)N(CCCN2CCCC2)C1=O. The molecular formula is C17H31N3O. The second kappa shape index (κ2) is 7.10. The highest BCUT2D eigenvalue weighted by Gasteiger charge is 2.41. The fourth-order valence-electron chi connectivity index (χ4n) is 4.38. The van der Waals surface area contributed by atoms with Gasteiger partial charge in [-0.15, -0.1) is 0 Å². The molecule has 3 aliphatic rings. The zero-order valence-corrected chi connectivity index (χ0v) is 13.5. The maximum Gasteiger partial charge on any atom is 0.241 e. The van der Waals surface area contributed by atoms with Crippen molar-refractivity contribution in [3.05, 3.63) is 0 Å². The summed E-state index contributed by atoms with van der Waals surface area (Å²) in [5.74, 6) is 1.05. The molecule has 120 valence electrons. The average molecular weight is 293 g/mol. The number of carbonyl (C=O) groups is 1. The van der Waals surface area contributed by atoms with Crippen molar-refractivity contribution in [1.29, 1.82) is 0 Å². The van der Waals surface area contributed by atoms with E-state index in [-0.39, 0.29) is 6.04 Å². The van der Waals surface area contributed by atoms with E-state index in [9.17, 15) is 4.79 Å². The number of nitrogens with one attached hydrogen (secondary N) is 1. The first-order valence-electron chi connectivity index (χ1n) is 9.08. The molecule has 0 aromatic carbocycles. The minimum Gasteiger partial charge on any atom is -0.325 e. The zero-order chi connectivity index (χ0) is 14.7. The van der Waals surface area contributed by atoms with Gasteiger partial charge in [-0.3, -0.25) is 10.1 Å². The van der Waals surface area contributed by atoms with Gasteiger partial charge in [0.25, 0.3) is 0 Å². The molecule has 0 aromatic heterocycles. The van der Waals surface area contributed by atoms with Crippen LogP contribution in [-0.2, 0) is 4.79 Å². The Morgan fingerprint density at radius 2 is 1.81 bits per heavy atom. The van der Waals surface area contributed by atoms with Crippen LogP contribution in [0.1, 0.15) is 58.3 Å². The van der Waals surface area contributed by atoms with Crippen LogP contribution < -0.4 is 5.32 Å². The van der Waals surface area contributed by atoms with E-state index in [4.69, 9.17) is 0 Å². The van der Waals surface area contributed by atoms with Crippen LogP contribution in [0, 0.1) is 5.92 Å². The Kier molecular flexibility index (Phi) is 5.17. The van der Waals surface area contributed by atoms with Gasteiger partial charge in [0.1, 0.15) is 0 Å². The van der Waals surface area contributed by atoms with Gasteiger partial charge in [0.2, 0.25) is 5.91 Å². The molecule has 1 aliphatic carbocycles. The Morgan fingerprint density at radius 3 is 2.48 bits per heavy atom. The van der Waals surface area contributed by atoms with E-state index in [0.717, 1.165) is 25.9 Å². The van der Waals surface area contributed by atoms with Crippen molar-refractivity contribution in [2.75, 3.05) is 26.2 Å². The van der Waals surface area contributed by atoms with Crippen LogP contribution >= 0.6 is 0 Å². The molecule has 0 radical (unpaired) electrons. The lowest BCUT2D eigenvalue weighted by atomic mass is 10.0. The van der Waals surface area contributed by atoms with E-state index in [1.807, 2.05) is 0 Å². The summed E-state index contributed by atoms with van der Waals surface area (Å²) in [6, 6.07) is 0.0717. The van der Waals surface area contributed by atoms with E-state index in [0.29, 0.717) is 18.0 Å². The minimum atomic E-state index is 0.0717. The number of hydrogen-bond acceptors (Lipinski definition) is 3. The molecule has 2 aliphatic heterocycles. The van der Waals surface area contributed by atoms with Crippen molar-refractivity contribution >= 4 is 5.91 Å². The first kappa shape index (κ1) is 15.3. The topological polar surface area (TPSA) is 35.6 Å². The van der Waals surface area contributed by atoms with Crippen molar-refractivity contribution in [2.45, 2.75) is 70.5 Å². The summed E-state index contributed by atoms with van der Waals surface area (Å²) in [4.78, 5) is 17.3. The highest BCUT2D eigenvalue weighted by atomic mass is 16.2. The Labute approximate surface area is 129 Å². The molecule has 2 saturated heterocycles. The quantitative estimate of drug-likeness (QED) is 0.815. The molecule has 21 heavy (non-hydrogen) atoms. The Balaban J connectivity index is 1.54. The lowest BCUT2D eigenvalue weighted by Gasteiger charge is -2.29. The number of carbonyl (C=O) groups excluding carboxylic acids is 1. The van der Waals surface area contributed by atoms with Gasteiger partial charge < -0.3 is 9.80 Å². The summed E-state index contributed by atoms with van der Waals surface area (Å²) in [5, 5.41) is 3.62. The fraction of sp³-hybridized carbons (Fsp3) is 0.941. The van der Waals surface area contributed by atoms with Crippen LogP contribution in [0.4, 0.5) is 0 Å². The van der Waals surface area contributed by atoms with E-state index in [2.05, 4.69) is 22.0 Å². The predicted octanol–water partition coefficient (Wildman–Crippen LogP) is 2.20. The summed E-state index contributed by atoms with van der Waals surface area (Å²) in [6.07, 6.45) is 10.4. The van der Waals surface area contributed by atoms with E-state index in [1.54, 1.807) is 0 Å². The standard InChI is InChI=1S/C17H31N3O/c1-2-15-17(21)20(13-7-12-19-10-5-6-11-19)16(18-15)14-8-3-4-9-14/h14-16,18H,2-13H2,1H3. The number of amides is 1. The van der Waals surface area contributed by atoms with Crippen LogP contribution in [0.15, 0.2) is 0 Å². The summed E-state index contributed by atoms with van der Waals surface area (Å²) in [7, 11) is 0. The molecule has 0 aromatic rings. The first-order valence-corrected chi connectivity index (χ1v) is 9.08. The van der Waals surface area contributed by atoms with Crippen molar-refractivity contribution < 1.29 is 4.79 Å². The molecular weight excluding hydrogens is 262 g/mol. The molecule has 3 fully saturated rings. The predicted molar refractivity (Wildman–Crippen MR) is 85.0 cm³/mol. The zero-order valence-electron chi connectivity index (χ0n) is 13.5. The fourth-order valence-corrected chi connectivity index (χ4v) is 4.38. The third kappa shape index (κ3) is 3.42. The molecule has 2 unspecified atom stereocenters. The van der Waals surface area contributed by atoms with Gasteiger partial charge in [-0.25, -0.2) is 0 Å². The lowest BCUT2D eigenvalue weighted by molar-refractivity contribution is -0.130. The Morgan fingerprint density at radius 1 is 1.10 bits per heavy atom. The minimum absolute atomic E-state index is 0.0717. The summed E-state index contributed by atoms with van der Waals surface area (Å²) in [5.41, 5.74) is 0. The highest BCUT2D eigenvalue weighted by Crippen LogP contribution is 2.32. The second-order valence-corrected chi connectivity index (χ2v) is 7.05. The monoisotopic (exact) mass is 293 g/mol. The van der Waals surface area contributed by atoms with Gasteiger partial charge in [0.05, 0.1) is 12.2 Å². The molecule has 4 nitrogen and oxygen atoms in total. The summed E-state index contributed by atoms with van der Waals surface area (Å²) >= 11 is 0. The summed E-state index contributed by atoms with van der Waals surface area (Å²) < 4.78 is 0. The van der Waals surface area contributed by atoms with Crippen LogP contribution in [0.25, 0.3) is 0 Å². The Hall–Kier alpha value is -0.610. The van der Waals surface area contributed by atoms with Gasteiger partial charge in [0, 0.05) is 6.54 Å². The molecule has 4 heteroatoms. The number of nitrogens with zero attached hydrogens (tertiary/aromatic N) is 2. The maximum absolute atomic E-state index is 12.6.